The zero-order valence-corrected chi connectivity index (χ0v) is 11.5. The third kappa shape index (κ3) is 2.64. The van der Waals surface area contributed by atoms with Gasteiger partial charge in [0, 0.05) is 6.20 Å². The Hall–Kier alpha value is -3.02. The zero-order chi connectivity index (χ0) is 14.7. The van der Waals surface area contributed by atoms with E-state index in [9.17, 15) is 0 Å². The molecule has 6 heteroatoms. The lowest BCUT2D eigenvalue weighted by Crippen LogP contribution is -2.01. The number of anilines is 1. The molecule has 104 valence electrons. The first-order valence-corrected chi connectivity index (χ1v) is 6.49. The second-order valence-electron chi connectivity index (χ2n) is 4.45. The highest BCUT2D eigenvalue weighted by atomic mass is 15.3. The van der Waals surface area contributed by atoms with Gasteiger partial charge in [0.2, 0.25) is 0 Å². The van der Waals surface area contributed by atoms with E-state index in [1.165, 1.54) is 0 Å². The first-order chi connectivity index (χ1) is 10.3. The fourth-order valence-corrected chi connectivity index (χ4v) is 1.94. The number of hydrogen-bond donors (Lipinski definition) is 1. The molecule has 21 heavy (non-hydrogen) atoms. The molecular formula is C15H14N6. The van der Waals surface area contributed by atoms with Gasteiger partial charge < -0.3 is 5.73 Å². The van der Waals surface area contributed by atoms with Gasteiger partial charge in [0.1, 0.15) is 0 Å². The molecule has 2 aromatic heterocycles. The van der Waals surface area contributed by atoms with Crippen molar-refractivity contribution in [3.8, 4) is 5.69 Å². The van der Waals surface area contributed by atoms with Gasteiger partial charge in [-0.1, -0.05) is 24.3 Å². The van der Waals surface area contributed by atoms with Gasteiger partial charge in [-0.05, 0) is 31.2 Å². The molecule has 3 rings (SSSR count). The van der Waals surface area contributed by atoms with E-state index in [1.54, 1.807) is 16.9 Å². The number of rotatable bonds is 3. The summed E-state index contributed by atoms with van der Waals surface area (Å²) in [6.45, 7) is 1.85. The highest BCUT2D eigenvalue weighted by Gasteiger charge is 2.13. The number of nitrogens with zero attached hydrogens (tertiary/aromatic N) is 5. The minimum Gasteiger partial charge on any atom is -0.382 e. The Balaban J connectivity index is 1.98. The molecule has 0 saturated heterocycles. The predicted molar refractivity (Wildman–Crippen MR) is 81.1 cm³/mol. The zero-order valence-electron chi connectivity index (χ0n) is 11.5. The maximum atomic E-state index is 6.13. The Morgan fingerprint density at radius 1 is 1.00 bits per heavy atom. The number of nitrogens with two attached hydrogens (primary N) is 1. The second kappa shape index (κ2) is 5.54. The molecule has 0 saturated carbocycles. The van der Waals surface area contributed by atoms with Crippen LogP contribution in [0.1, 0.15) is 5.69 Å². The number of hydrogen-bond acceptors (Lipinski definition) is 5. The van der Waals surface area contributed by atoms with Crippen molar-refractivity contribution in [2.45, 2.75) is 6.92 Å². The van der Waals surface area contributed by atoms with Crippen LogP contribution in [0.4, 0.5) is 17.3 Å². The second-order valence-corrected chi connectivity index (χ2v) is 4.45. The summed E-state index contributed by atoms with van der Waals surface area (Å²) in [7, 11) is 0. The standard InChI is InChI=1S/C15H14N6/c1-11-14(19-18-13-9-5-6-10-17-13)15(16)21(20-11)12-7-3-2-4-8-12/h2-10H,16H2,1H3. The summed E-state index contributed by atoms with van der Waals surface area (Å²) < 4.78 is 1.65. The maximum absolute atomic E-state index is 6.13. The minimum atomic E-state index is 0.457. The van der Waals surface area contributed by atoms with E-state index in [0.29, 0.717) is 17.3 Å². The summed E-state index contributed by atoms with van der Waals surface area (Å²) in [6.07, 6.45) is 1.66. The predicted octanol–water partition coefficient (Wildman–Crippen LogP) is 3.57. The van der Waals surface area contributed by atoms with Crippen molar-refractivity contribution in [3.63, 3.8) is 0 Å². The van der Waals surface area contributed by atoms with Crippen LogP contribution in [-0.2, 0) is 0 Å². The van der Waals surface area contributed by atoms with Crippen molar-refractivity contribution in [1.82, 2.24) is 14.8 Å². The van der Waals surface area contributed by atoms with Crippen LogP contribution in [0.2, 0.25) is 0 Å². The Labute approximate surface area is 122 Å². The lowest BCUT2D eigenvalue weighted by Gasteiger charge is -2.02. The van der Waals surface area contributed by atoms with Crippen molar-refractivity contribution >= 4 is 17.3 Å². The number of azo groups is 1. The minimum absolute atomic E-state index is 0.457. The highest BCUT2D eigenvalue weighted by molar-refractivity contribution is 5.63. The van der Waals surface area contributed by atoms with Crippen LogP contribution in [0.15, 0.2) is 65.0 Å². The van der Waals surface area contributed by atoms with Crippen molar-refractivity contribution in [3.05, 3.63) is 60.4 Å². The molecule has 0 radical (unpaired) electrons. The first kappa shape index (κ1) is 13.0. The highest BCUT2D eigenvalue weighted by Crippen LogP contribution is 2.29. The molecule has 0 fully saturated rings. The molecule has 0 atom stereocenters. The number of pyridine rings is 1. The molecule has 0 amide bonds. The lowest BCUT2D eigenvalue weighted by atomic mass is 10.3. The lowest BCUT2D eigenvalue weighted by molar-refractivity contribution is 0.872. The summed E-state index contributed by atoms with van der Waals surface area (Å²) in [6, 6.07) is 15.1. The summed E-state index contributed by atoms with van der Waals surface area (Å²) in [5.41, 5.74) is 8.29. The van der Waals surface area contributed by atoms with Crippen molar-refractivity contribution < 1.29 is 0 Å². The Morgan fingerprint density at radius 2 is 1.76 bits per heavy atom. The molecule has 0 aliphatic heterocycles. The Morgan fingerprint density at radius 3 is 2.48 bits per heavy atom. The summed E-state index contributed by atoms with van der Waals surface area (Å²) >= 11 is 0. The topological polar surface area (TPSA) is 81.5 Å². The van der Waals surface area contributed by atoms with Crippen LogP contribution in [0.3, 0.4) is 0 Å². The van der Waals surface area contributed by atoms with E-state index in [4.69, 9.17) is 5.73 Å². The molecule has 3 aromatic rings. The first-order valence-electron chi connectivity index (χ1n) is 6.49. The van der Waals surface area contributed by atoms with Crippen LogP contribution < -0.4 is 5.73 Å². The van der Waals surface area contributed by atoms with Crippen LogP contribution in [-0.4, -0.2) is 14.8 Å². The van der Waals surface area contributed by atoms with E-state index in [1.807, 2.05) is 49.4 Å². The fraction of sp³-hybridized carbons (Fsp3) is 0.0667. The maximum Gasteiger partial charge on any atom is 0.174 e. The van der Waals surface area contributed by atoms with Gasteiger partial charge in [-0.3, -0.25) is 0 Å². The third-order valence-corrected chi connectivity index (χ3v) is 2.97. The SMILES string of the molecule is Cc1nn(-c2ccccc2)c(N)c1N=Nc1ccccn1. The number of benzene rings is 1. The summed E-state index contributed by atoms with van der Waals surface area (Å²) in [5, 5.41) is 12.7. The van der Waals surface area contributed by atoms with Crippen molar-refractivity contribution in [2.75, 3.05) is 5.73 Å². The van der Waals surface area contributed by atoms with Gasteiger partial charge in [0.25, 0.3) is 0 Å². The van der Waals surface area contributed by atoms with E-state index in [-0.39, 0.29) is 0 Å². The van der Waals surface area contributed by atoms with Crippen LogP contribution in [0.5, 0.6) is 0 Å². The molecule has 0 aliphatic rings. The quantitative estimate of drug-likeness (QED) is 0.743. The van der Waals surface area contributed by atoms with Gasteiger partial charge in [0.15, 0.2) is 17.3 Å². The van der Waals surface area contributed by atoms with E-state index < -0.39 is 0 Å². The molecule has 0 aliphatic carbocycles. The number of aryl methyl sites for hydroxylation is 1. The smallest absolute Gasteiger partial charge is 0.174 e. The molecule has 0 bridgehead atoms. The monoisotopic (exact) mass is 278 g/mol. The normalized spacial score (nSPS) is 11.1. The average molecular weight is 278 g/mol. The number of para-hydroxylation sites is 1. The van der Waals surface area contributed by atoms with Crippen molar-refractivity contribution in [1.29, 1.82) is 0 Å². The van der Waals surface area contributed by atoms with Gasteiger partial charge in [-0.2, -0.15) is 5.10 Å². The molecule has 6 nitrogen and oxygen atoms in total. The molecular weight excluding hydrogens is 264 g/mol. The van der Waals surface area contributed by atoms with Crippen molar-refractivity contribution in [2.24, 2.45) is 10.2 Å². The van der Waals surface area contributed by atoms with E-state index >= 15 is 0 Å². The van der Waals surface area contributed by atoms with E-state index in [0.717, 1.165) is 11.4 Å². The fourth-order valence-electron chi connectivity index (χ4n) is 1.94. The number of nitrogen functional groups attached to an aromatic ring is 1. The van der Waals surface area contributed by atoms with Gasteiger partial charge in [-0.25, -0.2) is 9.67 Å². The number of aromatic nitrogens is 3. The van der Waals surface area contributed by atoms with E-state index in [2.05, 4.69) is 20.3 Å². The van der Waals surface area contributed by atoms with Gasteiger partial charge in [-0.15, -0.1) is 10.2 Å². The Kier molecular flexibility index (Phi) is 3.42. The molecule has 2 N–H and O–H groups in total. The summed E-state index contributed by atoms with van der Waals surface area (Å²) in [5.74, 6) is 0.988. The molecule has 0 spiro atoms. The summed E-state index contributed by atoms with van der Waals surface area (Å²) in [4.78, 5) is 4.09. The van der Waals surface area contributed by atoms with Crippen LogP contribution in [0, 0.1) is 6.92 Å². The van der Waals surface area contributed by atoms with Gasteiger partial charge in [0.05, 0.1) is 11.4 Å². The third-order valence-electron chi connectivity index (χ3n) is 2.97. The van der Waals surface area contributed by atoms with Crippen LogP contribution in [0.25, 0.3) is 5.69 Å². The Bertz CT molecular complexity index is 762. The molecule has 2 heterocycles. The van der Waals surface area contributed by atoms with Gasteiger partial charge >= 0.3 is 0 Å². The van der Waals surface area contributed by atoms with Crippen LogP contribution >= 0.6 is 0 Å². The largest absolute Gasteiger partial charge is 0.382 e. The average Bonchev–Trinajstić information content (AvgIpc) is 2.82. The molecule has 1 aromatic carbocycles. The molecule has 0 unspecified atom stereocenters.